The fraction of sp³-hybridized carbons (Fsp3) is 0.421. The van der Waals surface area contributed by atoms with Crippen LogP contribution in [0.5, 0.6) is 6.01 Å². The van der Waals surface area contributed by atoms with Gasteiger partial charge in [0.2, 0.25) is 0 Å². The first-order valence-electron chi connectivity index (χ1n) is 8.75. The Morgan fingerprint density at radius 1 is 1.12 bits per heavy atom. The van der Waals surface area contributed by atoms with Crippen molar-refractivity contribution in [1.82, 2.24) is 25.1 Å². The summed E-state index contributed by atoms with van der Waals surface area (Å²) in [7, 11) is 1.58. The average Bonchev–Trinajstić information content (AvgIpc) is 3.03. The summed E-state index contributed by atoms with van der Waals surface area (Å²) in [5.74, 6) is 1.34. The summed E-state index contributed by atoms with van der Waals surface area (Å²) < 4.78 is 7.10. The van der Waals surface area contributed by atoms with Crippen molar-refractivity contribution >= 4 is 10.9 Å². The molecule has 6 nitrogen and oxygen atoms in total. The quantitative estimate of drug-likeness (QED) is 0.796. The first-order valence-corrected chi connectivity index (χ1v) is 8.75. The number of benzene rings is 1. The van der Waals surface area contributed by atoms with Gasteiger partial charge in [-0.1, -0.05) is 0 Å². The van der Waals surface area contributed by atoms with Crippen LogP contribution in [-0.4, -0.2) is 39.9 Å². The maximum Gasteiger partial charge on any atom is 0.318 e. The molecule has 25 heavy (non-hydrogen) atoms. The normalized spacial score (nSPS) is 15.6. The number of hydrogen-bond acceptors (Lipinski definition) is 5. The molecule has 2 aromatic heterocycles. The third-order valence-electron chi connectivity index (χ3n) is 4.95. The second kappa shape index (κ2) is 6.44. The van der Waals surface area contributed by atoms with Crippen molar-refractivity contribution in [1.29, 1.82) is 0 Å². The highest BCUT2D eigenvalue weighted by molar-refractivity contribution is 5.82. The van der Waals surface area contributed by atoms with Gasteiger partial charge in [0.15, 0.2) is 5.82 Å². The van der Waals surface area contributed by atoms with Crippen molar-refractivity contribution in [2.24, 2.45) is 0 Å². The molecule has 0 saturated carbocycles. The van der Waals surface area contributed by atoms with Crippen LogP contribution in [0.2, 0.25) is 0 Å². The van der Waals surface area contributed by atoms with Gasteiger partial charge in [-0.3, -0.25) is 0 Å². The molecule has 1 saturated heterocycles. The molecule has 1 aliphatic heterocycles. The zero-order chi connectivity index (χ0) is 17.4. The van der Waals surface area contributed by atoms with Crippen molar-refractivity contribution in [3.63, 3.8) is 0 Å². The van der Waals surface area contributed by atoms with Gasteiger partial charge in [-0.05, 0) is 69.0 Å². The van der Waals surface area contributed by atoms with E-state index in [9.17, 15) is 0 Å². The van der Waals surface area contributed by atoms with Crippen LogP contribution in [-0.2, 0) is 0 Å². The maximum atomic E-state index is 5.21. The molecule has 6 heteroatoms. The lowest BCUT2D eigenvalue weighted by molar-refractivity contribution is 0.378. The minimum absolute atomic E-state index is 0.365. The number of nitrogens with one attached hydrogen (secondary N) is 1. The van der Waals surface area contributed by atoms with E-state index in [0.29, 0.717) is 11.9 Å². The van der Waals surface area contributed by atoms with Crippen molar-refractivity contribution in [2.45, 2.75) is 32.6 Å². The molecule has 0 spiro atoms. The summed E-state index contributed by atoms with van der Waals surface area (Å²) in [4.78, 5) is 8.73. The van der Waals surface area contributed by atoms with Crippen molar-refractivity contribution in [3.05, 3.63) is 41.2 Å². The summed E-state index contributed by atoms with van der Waals surface area (Å²) in [5.41, 5.74) is 4.71. The zero-order valence-electron chi connectivity index (χ0n) is 14.9. The Kier molecular flexibility index (Phi) is 4.13. The van der Waals surface area contributed by atoms with E-state index in [1.165, 1.54) is 24.0 Å². The molecule has 1 fully saturated rings. The molecule has 4 rings (SSSR count). The van der Waals surface area contributed by atoms with E-state index in [4.69, 9.17) is 4.74 Å². The first kappa shape index (κ1) is 16.0. The summed E-state index contributed by atoms with van der Waals surface area (Å²) in [5, 5.41) is 9.14. The van der Waals surface area contributed by atoms with Crippen LogP contribution in [0.4, 0.5) is 0 Å². The molecular weight excluding hydrogens is 314 g/mol. The number of methoxy groups -OCH3 is 1. The van der Waals surface area contributed by atoms with Crippen LogP contribution < -0.4 is 10.1 Å². The summed E-state index contributed by atoms with van der Waals surface area (Å²) in [6.45, 7) is 6.31. The Labute approximate surface area is 147 Å². The predicted molar refractivity (Wildman–Crippen MR) is 97.5 cm³/mol. The standard InChI is InChI=1S/C19H23N5O/c1-12-8-15-11-21-24(18-9-13(2)22-19(23-18)25-3)17(15)10-16(12)14-4-6-20-7-5-14/h8-11,14,20H,4-7H2,1-3H3. The van der Waals surface area contributed by atoms with Gasteiger partial charge in [0, 0.05) is 17.1 Å². The van der Waals surface area contributed by atoms with Crippen LogP contribution in [0, 0.1) is 13.8 Å². The molecule has 0 aliphatic carbocycles. The SMILES string of the molecule is COc1nc(C)cc(-n2ncc3cc(C)c(C4CCNCC4)cc32)n1. The van der Waals surface area contributed by atoms with Crippen LogP contribution in [0.3, 0.4) is 0 Å². The van der Waals surface area contributed by atoms with Crippen LogP contribution >= 0.6 is 0 Å². The van der Waals surface area contributed by atoms with Gasteiger partial charge in [-0.25, -0.2) is 9.67 Å². The lowest BCUT2D eigenvalue weighted by Crippen LogP contribution is -2.27. The van der Waals surface area contributed by atoms with E-state index in [1.54, 1.807) is 7.11 Å². The first-order chi connectivity index (χ1) is 12.2. The van der Waals surface area contributed by atoms with Crippen molar-refractivity contribution < 1.29 is 4.74 Å². The van der Waals surface area contributed by atoms with Gasteiger partial charge in [0.1, 0.15) is 0 Å². The van der Waals surface area contributed by atoms with E-state index in [0.717, 1.165) is 35.5 Å². The average molecular weight is 337 g/mol. The van der Waals surface area contributed by atoms with Crippen LogP contribution in [0.15, 0.2) is 24.4 Å². The molecule has 130 valence electrons. The molecule has 3 aromatic rings. The number of fused-ring (bicyclic) bond motifs is 1. The summed E-state index contributed by atoms with van der Waals surface area (Å²) >= 11 is 0. The number of rotatable bonds is 3. The monoisotopic (exact) mass is 337 g/mol. The summed E-state index contributed by atoms with van der Waals surface area (Å²) in [6, 6.07) is 6.82. The minimum atomic E-state index is 0.365. The molecule has 1 aliphatic rings. The molecule has 0 unspecified atom stereocenters. The van der Waals surface area contributed by atoms with Crippen LogP contribution in [0.1, 0.15) is 35.6 Å². The van der Waals surface area contributed by atoms with Crippen molar-refractivity contribution in [3.8, 4) is 11.8 Å². The fourth-order valence-corrected chi connectivity index (χ4v) is 3.68. The molecule has 0 radical (unpaired) electrons. The lowest BCUT2D eigenvalue weighted by atomic mass is 9.87. The number of piperidine rings is 1. The predicted octanol–water partition coefficient (Wildman–Crippen LogP) is 2.91. The number of hydrogen-bond donors (Lipinski definition) is 1. The summed E-state index contributed by atoms with van der Waals surface area (Å²) in [6.07, 6.45) is 4.26. The number of aryl methyl sites for hydroxylation is 2. The Morgan fingerprint density at radius 2 is 1.92 bits per heavy atom. The second-order valence-electron chi connectivity index (χ2n) is 6.70. The molecule has 0 atom stereocenters. The Bertz CT molecular complexity index is 912. The molecule has 3 heterocycles. The second-order valence-corrected chi connectivity index (χ2v) is 6.70. The van der Waals surface area contributed by atoms with Gasteiger partial charge in [0.25, 0.3) is 0 Å². The smallest absolute Gasteiger partial charge is 0.318 e. The Balaban J connectivity index is 1.84. The van der Waals surface area contributed by atoms with Gasteiger partial charge < -0.3 is 10.1 Å². The topological polar surface area (TPSA) is 64.9 Å². The highest BCUT2D eigenvalue weighted by Crippen LogP contribution is 2.31. The Hall–Kier alpha value is -2.47. The third kappa shape index (κ3) is 2.98. The molecule has 1 aromatic carbocycles. The number of ether oxygens (including phenoxy) is 1. The van der Waals surface area contributed by atoms with Crippen LogP contribution in [0.25, 0.3) is 16.7 Å². The molecule has 0 amide bonds. The largest absolute Gasteiger partial charge is 0.467 e. The maximum absolute atomic E-state index is 5.21. The fourth-order valence-electron chi connectivity index (χ4n) is 3.68. The van der Waals surface area contributed by atoms with Crippen molar-refractivity contribution in [2.75, 3.05) is 20.2 Å². The van der Waals surface area contributed by atoms with Gasteiger partial charge >= 0.3 is 6.01 Å². The lowest BCUT2D eigenvalue weighted by Gasteiger charge is -2.24. The number of nitrogens with zero attached hydrogens (tertiary/aromatic N) is 4. The van der Waals surface area contributed by atoms with E-state index < -0.39 is 0 Å². The van der Waals surface area contributed by atoms with Gasteiger partial charge in [0.05, 0.1) is 18.8 Å². The van der Waals surface area contributed by atoms with E-state index in [-0.39, 0.29) is 0 Å². The Morgan fingerprint density at radius 3 is 2.68 bits per heavy atom. The molecule has 0 bridgehead atoms. The number of aromatic nitrogens is 4. The highest BCUT2D eigenvalue weighted by atomic mass is 16.5. The molecular formula is C19H23N5O. The zero-order valence-corrected chi connectivity index (χ0v) is 14.9. The van der Waals surface area contributed by atoms with E-state index >= 15 is 0 Å². The van der Waals surface area contributed by atoms with Gasteiger partial charge in [-0.15, -0.1) is 0 Å². The highest BCUT2D eigenvalue weighted by Gasteiger charge is 2.19. The minimum Gasteiger partial charge on any atom is -0.467 e. The van der Waals surface area contributed by atoms with Gasteiger partial charge in [-0.2, -0.15) is 10.1 Å². The van der Waals surface area contributed by atoms with E-state index in [2.05, 4.69) is 39.4 Å². The third-order valence-corrected chi connectivity index (χ3v) is 4.95. The van der Waals surface area contributed by atoms with E-state index in [1.807, 2.05) is 23.9 Å². The molecule has 1 N–H and O–H groups in total.